The molecule has 0 aromatic heterocycles. The average molecular weight is 557 g/mol. The number of likely N-dealkylation sites (N-methyl/N-ethyl adjacent to an activating group) is 1. The molecular formula is C26H26F6N4O3. The maximum atomic E-state index is 13.6. The van der Waals surface area contributed by atoms with Crippen molar-refractivity contribution in [1.29, 1.82) is 0 Å². The Morgan fingerprint density at radius 2 is 1.44 bits per heavy atom. The van der Waals surface area contributed by atoms with Gasteiger partial charge in [0.15, 0.2) is 0 Å². The van der Waals surface area contributed by atoms with Crippen LogP contribution < -0.4 is 4.90 Å². The van der Waals surface area contributed by atoms with E-state index in [1.165, 1.54) is 9.80 Å². The van der Waals surface area contributed by atoms with Crippen molar-refractivity contribution in [2.75, 3.05) is 45.3 Å². The van der Waals surface area contributed by atoms with Gasteiger partial charge in [-0.2, -0.15) is 26.3 Å². The average Bonchev–Trinajstić information content (AvgIpc) is 3.14. The Balaban J connectivity index is 1.61. The largest absolute Gasteiger partial charge is 0.416 e. The zero-order chi connectivity index (χ0) is 28.8. The zero-order valence-corrected chi connectivity index (χ0v) is 21.1. The monoisotopic (exact) mass is 556 g/mol. The first-order chi connectivity index (χ1) is 18.1. The lowest BCUT2D eigenvalue weighted by atomic mass is 9.85. The maximum absolute atomic E-state index is 13.6. The summed E-state index contributed by atoms with van der Waals surface area (Å²) in [6.07, 6.45) is -10.0. The Kier molecular flexibility index (Phi) is 7.30. The fraction of sp³-hybridized carbons (Fsp3) is 0.423. The summed E-state index contributed by atoms with van der Waals surface area (Å²) in [5.41, 5.74) is -4.30. The van der Waals surface area contributed by atoms with Gasteiger partial charge in [-0.25, -0.2) is 0 Å². The van der Waals surface area contributed by atoms with E-state index in [4.69, 9.17) is 0 Å². The highest BCUT2D eigenvalue weighted by molar-refractivity contribution is 5.98. The number of carbonyl (C=O) groups excluding carboxylic acids is 3. The Morgan fingerprint density at radius 3 is 1.92 bits per heavy atom. The highest BCUT2D eigenvalue weighted by Gasteiger charge is 2.54. The number of nitrogens with zero attached hydrogens (tertiary/aromatic N) is 4. The van der Waals surface area contributed by atoms with Gasteiger partial charge in [0.25, 0.3) is 11.8 Å². The number of hydrogen-bond donors (Lipinski definition) is 0. The number of carbonyl (C=O) groups is 3. The molecule has 7 nitrogen and oxygen atoms in total. The minimum absolute atomic E-state index is 0.0273. The molecule has 0 atom stereocenters. The lowest BCUT2D eigenvalue weighted by molar-refractivity contribution is -0.143. The van der Waals surface area contributed by atoms with Crippen molar-refractivity contribution >= 4 is 23.4 Å². The summed E-state index contributed by atoms with van der Waals surface area (Å²) in [4.78, 5) is 44.9. The molecule has 0 radical (unpaired) electrons. The van der Waals surface area contributed by atoms with Crippen molar-refractivity contribution in [2.24, 2.45) is 0 Å². The van der Waals surface area contributed by atoms with Gasteiger partial charge >= 0.3 is 12.4 Å². The van der Waals surface area contributed by atoms with Crippen molar-refractivity contribution in [1.82, 2.24) is 14.7 Å². The molecule has 0 aliphatic carbocycles. The van der Waals surface area contributed by atoms with Crippen LogP contribution in [0.1, 0.15) is 34.3 Å². The number of amides is 3. The first-order valence-electron chi connectivity index (χ1n) is 12.0. The van der Waals surface area contributed by atoms with E-state index in [1.807, 2.05) is 4.90 Å². The number of alkyl halides is 6. The quantitative estimate of drug-likeness (QED) is 0.533. The van der Waals surface area contributed by atoms with E-state index in [2.05, 4.69) is 0 Å². The van der Waals surface area contributed by atoms with E-state index in [0.717, 1.165) is 4.90 Å². The Labute approximate surface area is 220 Å². The highest BCUT2D eigenvalue weighted by Crippen LogP contribution is 2.41. The minimum atomic E-state index is -5.08. The van der Waals surface area contributed by atoms with Gasteiger partial charge in [0.05, 0.1) is 17.8 Å². The molecule has 2 aromatic rings. The van der Waals surface area contributed by atoms with Crippen LogP contribution >= 0.6 is 0 Å². The first kappa shape index (κ1) is 28.2. The molecule has 2 fully saturated rings. The van der Waals surface area contributed by atoms with Crippen LogP contribution in [0.15, 0.2) is 48.5 Å². The van der Waals surface area contributed by atoms with E-state index < -0.39 is 40.5 Å². The molecule has 2 saturated heterocycles. The number of anilines is 1. The summed E-state index contributed by atoms with van der Waals surface area (Å²) in [7, 11) is 3.13. The van der Waals surface area contributed by atoms with E-state index >= 15 is 0 Å². The van der Waals surface area contributed by atoms with Crippen LogP contribution in [0, 0.1) is 0 Å². The third-order valence-corrected chi connectivity index (χ3v) is 7.12. The van der Waals surface area contributed by atoms with Gasteiger partial charge in [0.2, 0.25) is 5.91 Å². The van der Waals surface area contributed by atoms with Gasteiger partial charge in [-0.05, 0) is 43.2 Å². The molecule has 4 rings (SSSR count). The summed E-state index contributed by atoms with van der Waals surface area (Å²) in [6.45, 7) is -0.217. The number of likely N-dealkylation sites (tertiary alicyclic amines) is 1. The molecule has 39 heavy (non-hydrogen) atoms. The number of para-hydroxylation sites is 1. The van der Waals surface area contributed by atoms with Crippen LogP contribution in [-0.4, -0.2) is 78.4 Å². The van der Waals surface area contributed by atoms with Crippen molar-refractivity contribution < 1.29 is 40.7 Å². The van der Waals surface area contributed by atoms with Crippen molar-refractivity contribution in [2.45, 2.75) is 30.7 Å². The summed E-state index contributed by atoms with van der Waals surface area (Å²) in [6, 6.07) is 9.75. The third kappa shape index (κ3) is 5.52. The molecule has 2 aliphatic heterocycles. The number of benzene rings is 2. The molecule has 0 N–H and O–H groups in total. The summed E-state index contributed by atoms with van der Waals surface area (Å²) in [5, 5.41) is 0. The molecular weight excluding hydrogens is 530 g/mol. The predicted octanol–water partition coefficient (Wildman–Crippen LogP) is 4.09. The molecule has 2 aromatic carbocycles. The minimum Gasteiger partial charge on any atom is -0.347 e. The molecule has 13 heteroatoms. The second-order valence-corrected chi connectivity index (χ2v) is 9.81. The molecule has 0 unspecified atom stereocenters. The van der Waals surface area contributed by atoms with E-state index in [1.54, 1.807) is 44.4 Å². The van der Waals surface area contributed by atoms with Crippen LogP contribution in [0.4, 0.5) is 32.0 Å². The maximum Gasteiger partial charge on any atom is 0.416 e. The summed E-state index contributed by atoms with van der Waals surface area (Å²) >= 11 is 0. The molecule has 2 heterocycles. The first-order valence-corrected chi connectivity index (χ1v) is 12.0. The SMILES string of the molecule is CN(C)C(=O)CN1CN(c2ccccc2)C2(CCN(C(=O)c3cc(C(F)(F)F)cc(C(F)(F)F)c3)CC2)C1=O. The van der Waals surface area contributed by atoms with Gasteiger partial charge in [0, 0.05) is 38.4 Å². The normalized spacial score (nSPS) is 17.6. The standard InChI is InChI=1S/C26H26F6N4O3/c1-33(2)21(37)15-35-16-36(20-6-4-3-5-7-20)24(23(35)39)8-10-34(11-9-24)22(38)17-12-18(25(27,28)29)14-19(13-17)26(30,31)32/h3-7,12-14H,8-11,15-16H2,1-2H3. The van der Waals surface area contributed by atoms with Gasteiger partial charge in [-0.15, -0.1) is 0 Å². The van der Waals surface area contributed by atoms with Gasteiger partial charge in [-0.1, -0.05) is 18.2 Å². The van der Waals surface area contributed by atoms with Crippen LogP contribution in [0.3, 0.4) is 0 Å². The smallest absolute Gasteiger partial charge is 0.347 e. The Hall–Kier alpha value is -3.77. The fourth-order valence-corrected chi connectivity index (χ4v) is 4.97. The van der Waals surface area contributed by atoms with Crippen molar-refractivity contribution in [3.63, 3.8) is 0 Å². The van der Waals surface area contributed by atoms with E-state index in [0.29, 0.717) is 17.8 Å². The van der Waals surface area contributed by atoms with Crippen LogP contribution in [0.5, 0.6) is 0 Å². The molecule has 1 spiro atoms. The summed E-state index contributed by atoms with van der Waals surface area (Å²) in [5.74, 6) is -1.60. The molecule has 0 saturated carbocycles. The Morgan fingerprint density at radius 1 is 0.897 bits per heavy atom. The van der Waals surface area contributed by atoms with Crippen LogP contribution in [-0.2, 0) is 21.9 Å². The second kappa shape index (κ2) is 10.1. The summed E-state index contributed by atoms with van der Waals surface area (Å²) < 4.78 is 79.8. The van der Waals surface area contributed by atoms with Gasteiger partial charge in [0.1, 0.15) is 12.1 Å². The van der Waals surface area contributed by atoms with E-state index in [-0.39, 0.29) is 57.0 Å². The molecule has 3 amide bonds. The number of halogens is 6. The number of hydrogen-bond acceptors (Lipinski definition) is 4. The van der Waals surface area contributed by atoms with Crippen LogP contribution in [0.25, 0.3) is 0 Å². The predicted molar refractivity (Wildman–Crippen MR) is 129 cm³/mol. The number of piperidine rings is 1. The molecule has 0 bridgehead atoms. The van der Waals surface area contributed by atoms with Crippen LogP contribution in [0.2, 0.25) is 0 Å². The number of rotatable bonds is 4. The lowest BCUT2D eigenvalue weighted by Crippen LogP contribution is -2.57. The topological polar surface area (TPSA) is 64.2 Å². The Bertz CT molecular complexity index is 1220. The lowest BCUT2D eigenvalue weighted by Gasteiger charge is -2.43. The fourth-order valence-electron chi connectivity index (χ4n) is 4.97. The van der Waals surface area contributed by atoms with Crippen molar-refractivity contribution in [3.05, 3.63) is 65.2 Å². The zero-order valence-electron chi connectivity index (χ0n) is 21.1. The highest BCUT2D eigenvalue weighted by atomic mass is 19.4. The van der Waals surface area contributed by atoms with Gasteiger partial charge < -0.3 is 19.6 Å². The molecule has 210 valence electrons. The van der Waals surface area contributed by atoms with Crippen molar-refractivity contribution in [3.8, 4) is 0 Å². The molecule has 2 aliphatic rings. The second-order valence-electron chi connectivity index (χ2n) is 9.81. The third-order valence-electron chi connectivity index (χ3n) is 7.12. The van der Waals surface area contributed by atoms with E-state index in [9.17, 15) is 40.7 Å². The van der Waals surface area contributed by atoms with Gasteiger partial charge in [-0.3, -0.25) is 14.4 Å².